The number of aliphatic hydroxyl groups excluding tert-OH is 1. The molecule has 9 heteroatoms. The molecule has 0 spiro atoms. The number of phosphoric ester groups is 1. The van der Waals surface area contributed by atoms with Gasteiger partial charge in [0.25, 0.3) is 0 Å². The van der Waals surface area contributed by atoms with E-state index in [0.29, 0.717) is 12.8 Å². The minimum absolute atomic E-state index is 0.0918. The van der Waals surface area contributed by atoms with Crippen molar-refractivity contribution in [2.75, 3.05) is 19.8 Å². The van der Waals surface area contributed by atoms with Gasteiger partial charge in [-0.25, -0.2) is 4.57 Å². The number of unbranched alkanes of at least 4 members (excludes halogenated alkanes) is 20. The number of hydrogen-bond acceptors (Lipinski definition) is 6. The lowest BCUT2D eigenvalue weighted by Gasteiger charge is -2.25. The van der Waals surface area contributed by atoms with Gasteiger partial charge in [-0.1, -0.05) is 149 Å². The summed E-state index contributed by atoms with van der Waals surface area (Å²) in [5, 5.41) is 13.7. The number of carbonyl (C=O) groups is 1. The Kier molecular flexibility index (Phi) is 29.2. The van der Waals surface area contributed by atoms with Crippen molar-refractivity contribution in [2.45, 2.75) is 180 Å². The summed E-state index contributed by atoms with van der Waals surface area (Å²) in [6.07, 6.45) is 26.7. The number of aliphatic hydroxyl groups is 1. The zero-order chi connectivity index (χ0) is 30.4. The molecule has 0 aliphatic heterocycles. The lowest BCUT2D eigenvalue weighted by molar-refractivity contribution is -0.123. The summed E-state index contributed by atoms with van der Waals surface area (Å²) in [4.78, 5) is 22.5. The van der Waals surface area contributed by atoms with Crippen LogP contribution in [0.2, 0.25) is 0 Å². The van der Waals surface area contributed by atoms with Gasteiger partial charge in [-0.2, -0.15) is 0 Å². The summed E-state index contributed by atoms with van der Waals surface area (Å²) >= 11 is 0. The lowest BCUT2D eigenvalue weighted by atomic mass is 10.0. The molecule has 0 saturated carbocycles. The van der Waals surface area contributed by atoms with Crippen molar-refractivity contribution in [3.8, 4) is 0 Å². The second-order valence-corrected chi connectivity index (χ2v) is 13.2. The van der Waals surface area contributed by atoms with Crippen LogP contribution in [0.25, 0.3) is 0 Å². The molecule has 3 atom stereocenters. The van der Waals surface area contributed by atoms with Gasteiger partial charge in [-0.05, 0) is 12.8 Å². The van der Waals surface area contributed by atoms with E-state index in [9.17, 15) is 19.4 Å². The molecular weight excluding hydrogens is 539 g/mol. The molecule has 41 heavy (non-hydrogen) atoms. The number of hydrogen-bond donors (Lipinski definition) is 4. The maximum Gasteiger partial charge on any atom is 0.472 e. The van der Waals surface area contributed by atoms with E-state index in [1.165, 1.54) is 103 Å². The standard InChI is InChI=1S/C32H67N2O6P/c1-3-5-7-9-11-13-15-17-19-21-23-25-31(35)30(29-40-41(37,38)39-28-27-33)34-32(36)26-24-22-20-18-16-14-12-10-8-6-4-2/h30-31,35H,3-29,33H2,1-2H3,(H,34,36)(H,37,38). The van der Waals surface area contributed by atoms with Crippen molar-refractivity contribution in [3.05, 3.63) is 0 Å². The number of nitrogens with one attached hydrogen (secondary N) is 1. The van der Waals surface area contributed by atoms with Crippen LogP contribution in [0.1, 0.15) is 168 Å². The second-order valence-electron chi connectivity index (χ2n) is 11.7. The molecule has 5 N–H and O–H groups in total. The highest BCUT2D eigenvalue weighted by Crippen LogP contribution is 2.43. The Morgan fingerprint density at radius 2 is 1.12 bits per heavy atom. The topological polar surface area (TPSA) is 131 Å². The highest BCUT2D eigenvalue weighted by molar-refractivity contribution is 7.47. The van der Waals surface area contributed by atoms with Crippen LogP contribution in [0, 0.1) is 0 Å². The van der Waals surface area contributed by atoms with Gasteiger partial charge in [-0.15, -0.1) is 0 Å². The van der Waals surface area contributed by atoms with Crippen LogP contribution in [-0.4, -0.2) is 47.8 Å². The zero-order valence-corrected chi connectivity index (χ0v) is 27.7. The molecule has 8 nitrogen and oxygen atoms in total. The first-order chi connectivity index (χ1) is 19.9. The first kappa shape index (κ1) is 40.5. The Morgan fingerprint density at radius 1 is 0.707 bits per heavy atom. The molecule has 0 bridgehead atoms. The summed E-state index contributed by atoms with van der Waals surface area (Å²) in [5.74, 6) is -0.164. The largest absolute Gasteiger partial charge is 0.472 e. The van der Waals surface area contributed by atoms with Crippen molar-refractivity contribution < 1.29 is 28.4 Å². The molecule has 0 rings (SSSR count). The molecule has 3 unspecified atom stereocenters. The molecule has 246 valence electrons. The lowest BCUT2D eigenvalue weighted by Crippen LogP contribution is -2.46. The number of carbonyl (C=O) groups excluding carboxylic acids is 1. The molecule has 0 aliphatic carbocycles. The van der Waals surface area contributed by atoms with E-state index in [1.54, 1.807) is 0 Å². The summed E-state index contributed by atoms with van der Waals surface area (Å²) in [5.41, 5.74) is 5.34. The van der Waals surface area contributed by atoms with E-state index >= 15 is 0 Å². The summed E-state index contributed by atoms with van der Waals surface area (Å²) in [6, 6.07) is -0.764. The van der Waals surface area contributed by atoms with E-state index in [1.807, 2.05) is 0 Å². The van der Waals surface area contributed by atoms with E-state index in [4.69, 9.17) is 14.8 Å². The first-order valence-electron chi connectivity index (χ1n) is 17.2. The van der Waals surface area contributed by atoms with Gasteiger partial charge in [0.15, 0.2) is 0 Å². The number of phosphoric acid groups is 1. The molecule has 0 aromatic rings. The van der Waals surface area contributed by atoms with E-state index < -0.39 is 20.0 Å². The van der Waals surface area contributed by atoms with Crippen molar-refractivity contribution in [2.24, 2.45) is 5.73 Å². The highest BCUT2D eigenvalue weighted by Gasteiger charge is 2.27. The molecule has 0 aromatic carbocycles. The van der Waals surface area contributed by atoms with Crippen molar-refractivity contribution >= 4 is 13.7 Å². The van der Waals surface area contributed by atoms with Gasteiger partial charge < -0.3 is 21.1 Å². The Balaban J connectivity index is 4.30. The Morgan fingerprint density at radius 3 is 1.56 bits per heavy atom. The number of nitrogens with two attached hydrogens (primary N) is 1. The molecule has 0 radical (unpaired) electrons. The van der Waals surface area contributed by atoms with Crippen molar-refractivity contribution in [1.82, 2.24) is 5.32 Å². The van der Waals surface area contributed by atoms with Crippen molar-refractivity contribution in [3.63, 3.8) is 0 Å². The molecule has 0 aliphatic rings. The molecule has 0 aromatic heterocycles. The van der Waals surface area contributed by atoms with Crippen molar-refractivity contribution in [1.29, 1.82) is 0 Å². The summed E-state index contributed by atoms with van der Waals surface area (Å²) in [7, 11) is -4.29. The zero-order valence-electron chi connectivity index (χ0n) is 26.8. The van der Waals surface area contributed by atoms with Gasteiger partial charge in [-0.3, -0.25) is 13.8 Å². The molecule has 0 heterocycles. The minimum atomic E-state index is -4.29. The Bertz CT molecular complexity index is 625. The fourth-order valence-electron chi connectivity index (χ4n) is 5.08. The van der Waals surface area contributed by atoms with Gasteiger partial charge in [0, 0.05) is 13.0 Å². The maximum atomic E-state index is 12.6. The Labute approximate surface area is 252 Å². The smallest absolute Gasteiger partial charge is 0.391 e. The van der Waals surface area contributed by atoms with Crippen LogP contribution in [0.15, 0.2) is 0 Å². The highest BCUT2D eigenvalue weighted by atomic mass is 31.2. The second kappa shape index (κ2) is 29.6. The van der Waals surface area contributed by atoms with E-state index in [2.05, 4.69) is 19.2 Å². The van der Waals surface area contributed by atoms with Gasteiger partial charge in [0.05, 0.1) is 25.4 Å². The third-order valence-electron chi connectivity index (χ3n) is 7.71. The number of rotatable bonds is 32. The van der Waals surface area contributed by atoms with Crippen LogP contribution in [0.5, 0.6) is 0 Å². The summed E-state index contributed by atoms with van der Waals surface area (Å²) < 4.78 is 22.0. The van der Waals surface area contributed by atoms with E-state index in [0.717, 1.165) is 38.5 Å². The van der Waals surface area contributed by atoms with Gasteiger partial charge in [0.1, 0.15) is 0 Å². The third-order valence-corrected chi connectivity index (χ3v) is 8.70. The third kappa shape index (κ3) is 28.1. The van der Waals surface area contributed by atoms with Crippen LogP contribution in [0.4, 0.5) is 0 Å². The maximum absolute atomic E-state index is 12.6. The molecular formula is C32H67N2O6P. The summed E-state index contributed by atoms with van der Waals surface area (Å²) in [6.45, 7) is 4.17. The Hall–Kier alpha value is -0.500. The fraction of sp³-hybridized carbons (Fsp3) is 0.969. The quantitative estimate of drug-likeness (QED) is 0.0447. The monoisotopic (exact) mass is 606 g/mol. The SMILES string of the molecule is CCCCCCCCCCCCCC(=O)NC(COP(=O)(O)OCCN)C(O)CCCCCCCCCCCCC. The van der Waals surface area contributed by atoms with Crippen LogP contribution < -0.4 is 11.1 Å². The predicted octanol–water partition coefficient (Wildman–Crippen LogP) is 8.33. The molecule has 1 amide bonds. The van der Waals surface area contributed by atoms with E-state index in [-0.39, 0.29) is 25.7 Å². The van der Waals surface area contributed by atoms with Crippen LogP contribution in [-0.2, 0) is 18.4 Å². The van der Waals surface area contributed by atoms with Gasteiger partial charge >= 0.3 is 7.82 Å². The molecule has 0 fully saturated rings. The van der Waals surface area contributed by atoms with Crippen LogP contribution >= 0.6 is 7.82 Å². The van der Waals surface area contributed by atoms with Gasteiger partial charge in [0.2, 0.25) is 5.91 Å². The normalized spacial score (nSPS) is 14.6. The van der Waals surface area contributed by atoms with Crippen LogP contribution in [0.3, 0.4) is 0 Å². The predicted molar refractivity (Wildman–Crippen MR) is 171 cm³/mol. The average Bonchev–Trinajstić information content (AvgIpc) is 2.95. The first-order valence-corrected chi connectivity index (χ1v) is 18.6. The molecule has 0 saturated heterocycles. The average molecular weight is 607 g/mol. The number of amides is 1. The fourth-order valence-corrected chi connectivity index (χ4v) is 5.84. The minimum Gasteiger partial charge on any atom is -0.391 e.